The van der Waals surface area contributed by atoms with Gasteiger partial charge in [0.1, 0.15) is 11.4 Å². The fourth-order valence-corrected chi connectivity index (χ4v) is 5.17. The minimum absolute atomic E-state index is 0.0167. The van der Waals surface area contributed by atoms with E-state index in [4.69, 9.17) is 4.74 Å². The summed E-state index contributed by atoms with van der Waals surface area (Å²) in [6.07, 6.45) is 0.593. The highest BCUT2D eigenvalue weighted by Gasteiger charge is 2.33. The number of para-hydroxylation sites is 1. The van der Waals surface area contributed by atoms with Crippen LogP contribution in [0.2, 0.25) is 0 Å². The van der Waals surface area contributed by atoms with Crippen LogP contribution in [-0.4, -0.2) is 35.6 Å². The molecule has 2 aromatic heterocycles. The number of alkyl halides is 3. The number of halogens is 3. The number of rotatable bonds is 6. The van der Waals surface area contributed by atoms with Crippen LogP contribution in [0.15, 0.2) is 48.5 Å². The van der Waals surface area contributed by atoms with Crippen molar-refractivity contribution < 1.29 is 22.7 Å². The number of hydrogen-bond acceptors (Lipinski definition) is 4. The number of hydrogen-bond donors (Lipinski definition) is 3. The molecule has 1 saturated carbocycles. The van der Waals surface area contributed by atoms with Crippen molar-refractivity contribution in [1.82, 2.24) is 15.3 Å². The number of carbonyl (C=O) groups excluding carboxylic acids is 1. The molecular formula is C29H33F3N4O2. The Bertz CT molecular complexity index is 1400. The number of ether oxygens (including phenoxy) is 1. The fourth-order valence-electron chi connectivity index (χ4n) is 5.17. The lowest BCUT2D eigenvalue weighted by atomic mass is 9.91. The van der Waals surface area contributed by atoms with Crippen molar-refractivity contribution in [3.63, 3.8) is 0 Å². The van der Waals surface area contributed by atoms with Gasteiger partial charge in [0.05, 0.1) is 12.6 Å². The van der Waals surface area contributed by atoms with E-state index in [-0.39, 0.29) is 12.1 Å². The molecule has 0 aliphatic heterocycles. The molecule has 1 fully saturated rings. The quantitative estimate of drug-likeness (QED) is 0.242. The van der Waals surface area contributed by atoms with E-state index < -0.39 is 11.9 Å². The highest BCUT2D eigenvalue weighted by atomic mass is 19.4. The number of nitrogens with one attached hydrogen (secondary N) is 3. The summed E-state index contributed by atoms with van der Waals surface area (Å²) >= 11 is 0. The molecule has 5 rings (SSSR count). The molecule has 2 atom stereocenters. The van der Waals surface area contributed by atoms with Crippen LogP contribution in [0.4, 0.5) is 18.9 Å². The van der Waals surface area contributed by atoms with Gasteiger partial charge >= 0.3 is 6.18 Å². The van der Waals surface area contributed by atoms with Crippen molar-refractivity contribution in [2.24, 2.45) is 0 Å². The maximum Gasteiger partial charge on any atom is 0.433 e. The van der Waals surface area contributed by atoms with Crippen LogP contribution in [0.5, 0.6) is 5.75 Å². The first-order valence-electron chi connectivity index (χ1n) is 12.8. The maximum atomic E-state index is 13.1. The fraction of sp³-hybridized carbons (Fsp3) is 0.379. The zero-order valence-electron chi connectivity index (χ0n) is 21.8. The number of aromatic amines is 1. The van der Waals surface area contributed by atoms with Gasteiger partial charge in [0, 0.05) is 39.8 Å². The summed E-state index contributed by atoms with van der Waals surface area (Å²) < 4.78 is 44.5. The molecule has 0 spiro atoms. The minimum Gasteiger partial charge on any atom is -0.497 e. The molecular weight excluding hydrogens is 493 g/mol. The molecule has 0 bridgehead atoms. The number of fused-ring (bicyclic) bond motifs is 2. The number of H-pyrrole nitrogens is 1. The normalized spacial score (nSPS) is 17.5. The molecule has 6 nitrogen and oxygen atoms in total. The van der Waals surface area contributed by atoms with Gasteiger partial charge in [0.15, 0.2) is 0 Å². The molecule has 38 heavy (non-hydrogen) atoms. The third-order valence-corrected chi connectivity index (χ3v) is 7.02. The Hall–Kier alpha value is -3.75. The minimum atomic E-state index is -4.49. The topological polar surface area (TPSA) is 79.0 Å². The average Bonchev–Trinajstić information content (AvgIpc) is 3.22. The largest absolute Gasteiger partial charge is 0.497 e. The summed E-state index contributed by atoms with van der Waals surface area (Å²) in [5, 5.41) is 7.93. The van der Waals surface area contributed by atoms with E-state index >= 15 is 0 Å². The second-order valence-electron chi connectivity index (χ2n) is 9.55. The van der Waals surface area contributed by atoms with Crippen LogP contribution in [-0.2, 0) is 17.4 Å². The predicted molar refractivity (Wildman–Crippen MR) is 145 cm³/mol. The average molecular weight is 527 g/mol. The molecule has 1 aliphatic rings. The summed E-state index contributed by atoms with van der Waals surface area (Å²) in [5.41, 5.74) is 3.69. The molecule has 0 saturated heterocycles. The summed E-state index contributed by atoms with van der Waals surface area (Å²) in [5.74, 6) is 0.922. The first-order valence-corrected chi connectivity index (χ1v) is 12.8. The Morgan fingerprint density at radius 3 is 2.58 bits per heavy atom. The zero-order chi connectivity index (χ0) is 27.3. The second kappa shape index (κ2) is 11.8. The molecule has 3 N–H and O–H groups in total. The molecule has 2 heterocycles. The third kappa shape index (κ3) is 6.20. The zero-order valence-corrected chi connectivity index (χ0v) is 21.8. The molecule has 4 aromatic rings. The van der Waals surface area contributed by atoms with E-state index in [1.54, 1.807) is 31.4 Å². The monoisotopic (exact) mass is 526 g/mol. The summed E-state index contributed by atoms with van der Waals surface area (Å²) in [7, 11) is 1.70. The molecule has 0 radical (unpaired) electrons. The van der Waals surface area contributed by atoms with Crippen molar-refractivity contribution in [2.45, 2.75) is 64.2 Å². The van der Waals surface area contributed by atoms with E-state index in [9.17, 15) is 18.0 Å². The lowest BCUT2D eigenvalue weighted by Gasteiger charge is -2.30. The number of methoxy groups -OCH3 is 1. The molecule has 2 unspecified atom stereocenters. The van der Waals surface area contributed by atoms with E-state index in [1.165, 1.54) is 22.2 Å². The first-order chi connectivity index (χ1) is 18.2. The summed E-state index contributed by atoms with van der Waals surface area (Å²) in [6.45, 7) is 4.29. The molecule has 1 aliphatic carbocycles. The standard InChI is InChI=1S/C17H18F3N3O.C12H15NO/c18-17(19,20)16-9-15(13-6-1-2-7-14(13)23-16)22-12-5-3-4-11(8-12)21-10-24;1-4-10-8(2)13-12-6-5-9(14-3)7-11(10)12/h1-2,6-7,9-12H,3-5,8H2,(H,21,24)(H,22,23);5-7,13H,4H2,1-3H3. The summed E-state index contributed by atoms with van der Waals surface area (Å²) in [6, 6.07) is 14.1. The number of anilines is 1. The molecule has 9 heteroatoms. The Kier molecular flexibility index (Phi) is 8.44. The van der Waals surface area contributed by atoms with Gasteiger partial charge in [-0.3, -0.25) is 4.79 Å². The van der Waals surface area contributed by atoms with Gasteiger partial charge in [-0.15, -0.1) is 0 Å². The van der Waals surface area contributed by atoms with Crippen LogP contribution in [0.25, 0.3) is 21.8 Å². The Balaban J connectivity index is 0.000000204. The third-order valence-electron chi connectivity index (χ3n) is 7.02. The number of benzene rings is 2. The predicted octanol–water partition coefficient (Wildman–Crippen LogP) is 6.77. The van der Waals surface area contributed by atoms with Crippen molar-refractivity contribution >= 4 is 33.9 Å². The molecule has 2 aromatic carbocycles. The highest BCUT2D eigenvalue weighted by molar-refractivity contribution is 5.91. The number of aromatic nitrogens is 2. The lowest BCUT2D eigenvalue weighted by Crippen LogP contribution is -2.38. The van der Waals surface area contributed by atoms with Crippen molar-refractivity contribution in [1.29, 1.82) is 0 Å². The van der Waals surface area contributed by atoms with Gasteiger partial charge in [0.25, 0.3) is 0 Å². The number of aryl methyl sites for hydroxylation is 2. The first kappa shape index (κ1) is 27.3. The van der Waals surface area contributed by atoms with E-state index in [2.05, 4.69) is 46.6 Å². The Labute approximate surface area is 220 Å². The van der Waals surface area contributed by atoms with E-state index in [1.807, 2.05) is 6.07 Å². The van der Waals surface area contributed by atoms with Gasteiger partial charge in [-0.1, -0.05) is 25.1 Å². The maximum absolute atomic E-state index is 13.1. The SMILES string of the molecule is CCc1c(C)[nH]c2ccc(OC)cc12.O=CNC1CCCC(Nc2cc(C(F)(F)F)nc3ccccc23)C1. The van der Waals surface area contributed by atoms with Crippen molar-refractivity contribution in [3.8, 4) is 5.75 Å². The van der Waals surface area contributed by atoms with E-state index in [0.717, 1.165) is 37.5 Å². The molecule has 202 valence electrons. The summed E-state index contributed by atoms with van der Waals surface area (Å²) in [4.78, 5) is 17.7. The van der Waals surface area contributed by atoms with Crippen LogP contribution in [0.3, 0.4) is 0 Å². The van der Waals surface area contributed by atoms with Crippen LogP contribution in [0, 0.1) is 6.92 Å². The number of nitrogens with zero attached hydrogens (tertiary/aromatic N) is 1. The van der Waals surface area contributed by atoms with Gasteiger partial charge in [0.2, 0.25) is 6.41 Å². The van der Waals surface area contributed by atoms with Crippen molar-refractivity contribution in [2.75, 3.05) is 12.4 Å². The number of carbonyl (C=O) groups is 1. The highest BCUT2D eigenvalue weighted by Crippen LogP contribution is 2.34. The Morgan fingerprint density at radius 2 is 1.87 bits per heavy atom. The number of pyridine rings is 1. The van der Waals surface area contributed by atoms with Gasteiger partial charge in [-0.25, -0.2) is 4.98 Å². The lowest BCUT2D eigenvalue weighted by molar-refractivity contribution is -0.140. The van der Waals surface area contributed by atoms with Crippen molar-refractivity contribution in [3.05, 3.63) is 65.5 Å². The van der Waals surface area contributed by atoms with E-state index in [0.29, 0.717) is 29.4 Å². The second-order valence-corrected chi connectivity index (χ2v) is 9.55. The van der Waals surface area contributed by atoms with Crippen LogP contribution in [0.1, 0.15) is 49.6 Å². The van der Waals surface area contributed by atoms with Gasteiger partial charge in [-0.05, 0) is 74.9 Å². The van der Waals surface area contributed by atoms with Gasteiger partial charge in [-0.2, -0.15) is 13.2 Å². The number of amides is 1. The smallest absolute Gasteiger partial charge is 0.433 e. The molecule has 1 amide bonds. The Morgan fingerprint density at radius 1 is 1.11 bits per heavy atom. The van der Waals surface area contributed by atoms with Crippen LogP contribution < -0.4 is 15.4 Å². The van der Waals surface area contributed by atoms with Crippen LogP contribution >= 0.6 is 0 Å². The van der Waals surface area contributed by atoms with Gasteiger partial charge < -0.3 is 20.4 Å².